The molecule has 0 saturated carbocycles. The number of rotatable bonds is 5. The highest BCUT2D eigenvalue weighted by Gasteiger charge is 2.24. The van der Waals surface area contributed by atoms with Gasteiger partial charge in [-0.05, 0) is 31.9 Å². The summed E-state index contributed by atoms with van der Waals surface area (Å²) in [6.45, 7) is 3.01. The molecule has 0 aromatic heterocycles. The Hall–Kier alpha value is -1.55. The summed E-state index contributed by atoms with van der Waals surface area (Å²) in [7, 11) is 1.66. The highest BCUT2D eigenvalue weighted by atomic mass is 16.5. The van der Waals surface area contributed by atoms with Gasteiger partial charge in [-0.3, -0.25) is 4.79 Å². The monoisotopic (exact) mass is 276 g/mol. The van der Waals surface area contributed by atoms with Gasteiger partial charge in [-0.2, -0.15) is 0 Å². The number of hydrogen-bond acceptors (Lipinski definition) is 3. The maximum Gasteiger partial charge on any atom is 0.237 e. The van der Waals surface area contributed by atoms with E-state index in [9.17, 15) is 4.79 Å². The third kappa shape index (κ3) is 3.51. The van der Waals surface area contributed by atoms with Gasteiger partial charge in [0.25, 0.3) is 0 Å². The van der Waals surface area contributed by atoms with Crippen molar-refractivity contribution >= 4 is 5.91 Å². The number of para-hydroxylation sites is 1. The van der Waals surface area contributed by atoms with Gasteiger partial charge in [-0.25, -0.2) is 0 Å². The first-order valence-corrected chi connectivity index (χ1v) is 7.43. The van der Waals surface area contributed by atoms with E-state index >= 15 is 0 Å². The summed E-state index contributed by atoms with van der Waals surface area (Å²) in [5.74, 6) is 0.929. The normalized spacial score (nSPS) is 20.2. The quantitative estimate of drug-likeness (QED) is 0.868. The van der Waals surface area contributed by atoms with Crippen molar-refractivity contribution in [2.45, 2.75) is 44.7 Å². The second-order valence-corrected chi connectivity index (χ2v) is 5.21. The van der Waals surface area contributed by atoms with Crippen LogP contribution in [0.2, 0.25) is 0 Å². The molecule has 1 heterocycles. The molecular weight excluding hydrogens is 252 g/mol. The Morgan fingerprint density at radius 3 is 2.90 bits per heavy atom. The molecule has 0 spiro atoms. The average Bonchev–Trinajstić information content (AvgIpc) is 2.53. The predicted octanol–water partition coefficient (Wildman–Crippen LogP) is 2.40. The SMILES string of the molecule is CCC(NC(=O)[C@H]1CCCCN1)c1ccccc1OC. The molecule has 110 valence electrons. The van der Waals surface area contributed by atoms with E-state index in [1.165, 1.54) is 0 Å². The zero-order chi connectivity index (χ0) is 14.4. The Balaban J connectivity index is 2.06. The smallest absolute Gasteiger partial charge is 0.237 e. The van der Waals surface area contributed by atoms with Gasteiger partial charge in [0, 0.05) is 5.56 Å². The van der Waals surface area contributed by atoms with Gasteiger partial charge in [0.1, 0.15) is 5.75 Å². The van der Waals surface area contributed by atoms with E-state index in [1.54, 1.807) is 7.11 Å². The maximum atomic E-state index is 12.3. The van der Waals surface area contributed by atoms with Crippen LogP contribution >= 0.6 is 0 Å². The van der Waals surface area contributed by atoms with Crippen molar-refractivity contribution in [3.05, 3.63) is 29.8 Å². The highest BCUT2D eigenvalue weighted by Crippen LogP contribution is 2.27. The molecule has 1 unspecified atom stereocenters. The van der Waals surface area contributed by atoms with E-state index in [0.29, 0.717) is 0 Å². The van der Waals surface area contributed by atoms with Crippen molar-refractivity contribution in [1.82, 2.24) is 10.6 Å². The molecule has 0 radical (unpaired) electrons. The molecule has 1 aromatic carbocycles. The fourth-order valence-corrected chi connectivity index (χ4v) is 2.70. The van der Waals surface area contributed by atoms with Crippen molar-refractivity contribution in [2.24, 2.45) is 0 Å². The summed E-state index contributed by atoms with van der Waals surface area (Å²) in [6, 6.07) is 7.82. The van der Waals surface area contributed by atoms with Crippen LogP contribution in [0.1, 0.15) is 44.2 Å². The Labute approximate surface area is 120 Å². The summed E-state index contributed by atoms with van der Waals surface area (Å²) in [4.78, 5) is 12.3. The lowest BCUT2D eigenvalue weighted by Crippen LogP contribution is -2.47. The molecule has 0 aliphatic carbocycles. The largest absolute Gasteiger partial charge is 0.496 e. The van der Waals surface area contributed by atoms with E-state index in [1.807, 2.05) is 24.3 Å². The van der Waals surface area contributed by atoms with E-state index in [4.69, 9.17) is 4.74 Å². The van der Waals surface area contributed by atoms with Crippen molar-refractivity contribution in [3.63, 3.8) is 0 Å². The molecule has 1 saturated heterocycles. The van der Waals surface area contributed by atoms with E-state index < -0.39 is 0 Å². The standard InChI is InChI=1S/C16H24N2O2/c1-3-13(12-8-4-5-10-15(12)20-2)18-16(19)14-9-6-7-11-17-14/h4-5,8,10,13-14,17H,3,6-7,9,11H2,1-2H3,(H,18,19)/t13?,14-/m1/s1. The number of methoxy groups -OCH3 is 1. The lowest BCUT2D eigenvalue weighted by molar-refractivity contribution is -0.124. The number of nitrogens with one attached hydrogen (secondary N) is 2. The fraction of sp³-hybridized carbons (Fsp3) is 0.562. The van der Waals surface area contributed by atoms with Gasteiger partial charge in [-0.1, -0.05) is 31.5 Å². The van der Waals surface area contributed by atoms with Gasteiger partial charge >= 0.3 is 0 Å². The highest BCUT2D eigenvalue weighted by molar-refractivity contribution is 5.82. The minimum absolute atomic E-state index is 0.00220. The van der Waals surface area contributed by atoms with Crippen LogP contribution in [0.5, 0.6) is 5.75 Å². The second-order valence-electron chi connectivity index (χ2n) is 5.21. The van der Waals surface area contributed by atoms with Crippen LogP contribution in [0.15, 0.2) is 24.3 Å². The average molecular weight is 276 g/mol. The predicted molar refractivity (Wildman–Crippen MR) is 79.8 cm³/mol. The zero-order valence-electron chi connectivity index (χ0n) is 12.3. The Morgan fingerprint density at radius 2 is 2.25 bits per heavy atom. The van der Waals surface area contributed by atoms with Crippen LogP contribution in [0.3, 0.4) is 0 Å². The van der Waals surface area contributed by atoms with Crippen LogP contribution in [0, 0.1) is 0 Å². The van der Waals surface area contributed by atoms with Crippen molar-refractivity contribution in [3.8, 4) is 5.75 Å². The fourth-order valence-electron chi connectivity index (χ4n) is 2.70. The molecule has 2 N–H and O–H groups in total. The topological polar surface area (TPSA) is 50.4 Å². The van der Waals surface area contributed by atoms with Crippen molar-refractivity contribution < 1.29 is 9.53 Å². The summed E-state index contributed by atoms with van der Waals surface area (Å²) in [5.41, 5.74) is 1.04. The first-order valence-electron chi connectivity index (χ1n) is 7.43. The minimum Gasteiger partial charge on any atom is -0.496 e. The van der Waals surface area contributed by atoms with Crippen molar-refractivity contribution in [2.75, 3.05) is 13.7 Å². The molecule has 20 heavy (non-hydrogen) atoms. The molecule has 4 nitrogen and oxygen atoms in total. The lowest BCUT2D eigenvalue weighted by Gasteiger charge is -2.26. The molecule has 1 fully saturated rings. The molecule has 1 amide bonds. The van der Waals surface area contributed by atoms with Crippen LogP contribution in [0.25, 0.3) is 0 Å². The molecule has 0 bridgehead atoms. The number of carbonyl (C=O) groups excluding carboxylic acids is 1. The van der Waals surface area contributed by atoms with Gasteiger partial charge in [0.2, 0.25) is 5.91 Å². The summed E-state index contributed by atoms with van der Waals surface area (Å²) in [5, 5.41) is 6.43. The maximum absolute atomic E-state index is 12.3. The Kier molecular flexibility index (Phi) is 5.41. The first-order chi connectivity index (χ1) is 9.76. The summed E-state index contributed by atoms with van der Waals surface area (Å²) in [6.07, 6.45) is 4.05. The number of benzene rings is 1. The van der Waals surface area contributed by atoms with Gasteiger partial charge in [0.05, 0.1) is 19.2 Å². The Bertz CT molecular complexity index is 442. The number of carbonyl (C=O) groups is 1. The van der Waals surface area contributed by atoms with Crippen molar-refractivity contribution in [1.29, 1.82) is 0 Å². The summed E-state index contributed by atoms with van der Waals surface area (Å²) >= 11 is 0. The molecule has 4 heteroatoms. The van der Waals surface area contributed by atoms with Crippen LogP contribution < -0.4 is 15.4 Å². The second kappa shape index (κ2) is 7.29. The van der Waals surface area contributed by atoms with Gasteiger partial charge < -0.3 is 15.4 Å². The molecule has 1 aliphatic rings. The summed E-state index contributed by atoms with van der Waals surface area (Å²) < 4.78 is 5.39. The minimum atomic E-state index is -0.0486. The van der Waals surface area contributed by atoms with Crippen LogP contribution in [-0.4, -0.2) is 25.6 Å². The number of hydrogen-bond donors (Lipinski definition) is 2. The number of piperidine rings is 1. The number of ether oxygens (including phenoxy) is 1. The Morgan fingerprint density at radius 1 is 1.45 bits per heavy atom. The van der Waals surface area contributed by atoms with E-state index in [-0.39, 0.29) is 18.0 Å². The molecular formula is C16H24N2O2. The van der Waals surface area contributed by atoms with Gasteiger partial charge in [-0.15, -0.1) is 0 Å². The molecule has 2 rings (SSSR count). The molecule has 2 atom stereocenters. The number of amides is 1. The van der Waals surface area contributed by atoms with Gasteiger partial charge in [0.15, 0.2) is 0 Å². The van der Waals surface area contributed by atoms with Crippen LogP contribution in [0.4, 0.5) is 0 Å². The van der Waals surface area contributed by atoms with E-state index in [0.717, 1.165) is 43.5 Å². The lowest BCUT2D eigenvalue weighted by atomic mass is 10.0. The van der Waals surface area contributed by atoms with E-state index in [2.05, 4.69) is 17.6 Å². The first kappa shape index (κ1) is 14.9. The molecule has 1 aliphatic heterocycles. The third-order valence-corrected chi connectivity index (χ3v) is 3.87. The van der Waals surface area contributed by atoms with Crippen LogP contribution in [-0.2, 0) is 4.79 Å². The third-order valence-electron chi connectivity index (χ3n) is 3.87. The zero-order valence-corrected chi connectivity index (χ0v) is 12.3. The molecule has 1 aromatic rings.